The first-order chi connectivity index (χ1) is 12.7. The van der Waals surface area contributed by atoms with Crippen molar-refractivity contribution in [2.75, 3.05) is 36.5 Å². The van der Waals surface area contributed by atoms with E-state index in [-0.39, 0.29) is 0 Å². The third-order valence-corrected chi connectivity index (χ3v) is 4.18. The van der Waals surface area contributed by atoms with Gasteiger partial charge in [-0.15, -0.1) is 0 Å². The third-order valence-electron chi connectivity index (χ3n) is 3.99. The first-order valence-corrected chi connectivity index (χ1v) is 8.69. The Labute approximate surface area is 155 Å². The smallest absolute Gasteiger partial charge is 0.228 e. The fourth-order valence-corrected chi connectivity index (χ4v) is 2.88. The molecule has 26 heavy (non-hydrogen) atoms. The van der Waals surface area contributed by atoms with Crippen molar-refractivity contribution in [2.24, 2.45) is 0 Å². The van der Waals surface area contributed by atoms with Gasteiger partial charge >= 0.3 is 0 Å². The highest BCUT2D eigenvalue weighted by Crippen LogP contribution is 2.23. The van der Waals surface area contributed by atoms with Gasteiger partial charge in [0.25, 0.3) is 0 Å². The molecule has 3 heterocycles. The Hall–Kier alpha value is -2.71. The molecule has 134 valence electrons. The first kappa shape index (κ1) is 16.7. The van der Waals surface area contributed by atoms with Gasteiger partial charge in [0.2, 0.25) is 5.95 Å². The van der Waals surface area contributed by atoms with E-state index in [2.05, 4.69) is 35.4 Å². The number of hydrogen-bond donors (Lipinski definition) is 2. The van der Waals surface area contributed by atoms with Gasteiger partial charge < -0.3 is 15.0 Å². The van der Waals surface area contributed by atoms with Crippen molar-refractivity contribution in [3.63, 3.8) is 0 Å². The quantitative estimate of drug-likeness (QED) is 0.681. The minimum atomic E-state index is 0.400. The molecule has 1 aliphatic rings. The van der Waals surface area contributed by atoms with Gasteiger partial charge in [0.1, 0.15) is 16.8 Å². The van der Waals surface area contributed by atoms with Gasteiger partial charge in [0.05, 0.1) is 13.2 Å². The molecule has 3 aromatic rings. The average molecular weight is 372 g/mol. The third kappa shape index (κ3) is 3.76. The summed E-state index contributed by atoms with van der Waals surface area (Å²) in [5, 5.41) is 10.7. The van der Waals surface area contributed by atoms with Crippen LogP contribution >= 0.6 is 11.6 Å². The van der Waals surface area contributed by atoms with Gasteiger partial charge in [-0.05, 0) is 31.2 Å². The van der Waals surface area contributed by atoms with Crippen molar-refractivity contribution in [3.05, 3.63) is 41.3 Å². The van der Waals surface area contributed by atoms with E-state index in [4.69, 9.17) is 16.3 Å². The second-order valence-corrected chi connectivity index (χ2v) is 6.31. The number of hydrogen-bond acceptors (Lipinski definition) is 7. The van der Waals surface area contributed by atoms with Crippen molar-refractivity contribution < 1.29 is 4.74 Å². The molecule has 0 unspecified atom stereocenters. The summed E-state index contributed by atoms with van der Waals surface area (Å²) in [4.78, 5) is 15.3. The highest BCUT2D eigenvalue weighted by Gasteiger charge is 2.15. The lowest BCUT2D eigenvalue weighted by atomic mass is 10.2. The van der Waals surface area contributed by atoms with Crippen molar-refractivity contribution in [1.82, 2.24) is 25.1 Å². The fourth-order valence-electron chi connectivity index (χ4n) is 2.70. The lowest BCUT2D eigenvalue weighted by Gasteiger charge is -2.27. The molecular weight excluding hydrogens is 354 g/mol. The molecule has 0 amide bonds. The number of H-pyrrole nitrogens is 1. The summed E-state index contributed by atoms with van der Waals surface area (Å²) in [5.74, 6) is 2.71. The number of anilines is 3. The number of aromatic amines is 1. The highest BCUT2D eigenvalue weighted by molar-refractivity contribution is 6.29. The van der Waals surface area contributed by atoms with Gasteiger partial charge in [-0.1, -0.05) is 11.6 Å². The van der Waals surface area contributed by atoms with Crippen LogP contribution in [0.15, 0.2) is 30.3 Å². The predicted molar refractivity (Wildman–Crippen MR) is 99.9 cm³/mol. The number of aryl methyl sites for hydroxylation is 1. The van der Waals surface area contributed by atoms with Crippen LogP contribution in [0.25, 0.3) is 11.4 Å². The number of rotatable bonds is 4. The predicted octanol–water partition coefficient (Wildman–Crippen LogP) is 2.80. The Balaban J connectivity index is 1.52. The number of ether oxygens (including phenoxy) is 1. The van der Waals surface area contributed by atoms with E-state index >= 15 is 0 Å². The summed E-state index contributed by atoms with van der Waals surface area (Å²) in [7, 11) is 0. The van der Waals surface area contributed by atoms with Crippen molar-refractivity contribution >= 4 is 29.1 Å². The first-order valence-electron chi connectivity index (χ1n) is 8.31. The fraction of sp³-hybridized carbons (Fsp3) is 0.294. The maximum absolute atomic E-state index is 6.17. The van der Waals surface area contributed by atoms with Crippen LogP contribution in [-0.4, -0.2) is 51.5 Å². The van der Waals surface area contributed by atoms with Gasteiger partial charge in [-0.25, -0.2) is 9.97 Å². The molecule has 1 fully saturated rings. The Morgan fingerprint density at radius 3 is 2.58 bits per heavy atom. The molecule has 0 saturated carbocycles. The molecule has 2 aromatic heterocycles. The van der Waals surface area contributed by atoms with E-state index in [9.17, 15) is 0 Å². The largest absolute Gasteiger partial charge is 0.378 e. The van der Waals surface area contributed by atoms with Crippen LogP contribution in [0.5, 0.6) is 0 Å². The van der Waals surface area contributed by atoms with Gasteiger partial charge in [0.15, 0.2) is 5.82 Å². The van der Waals surface area contributed by atoms with E-state index < -0.39 is 0 Å². The molecule has 0 atom stereocenters. The van der Waals surface area contributed by atoms with Crippen LogP contribution in [0.4, 0.5) is 17.5 Å². The van der Waals surface area contributed by atoms with Gasteiger partial charge in [-0.3, -0.25) is 5.10 Å². The lowest BCUT2D eigenvalue weighted by molar-refractivity contribution is 0.122. The monoisotopic (exact) mass is 371 g/mol. The zero-order chi connectivity index (χ0) is 17.9. The Morgan fingerprint density at radius 2 is 1.88 bits per heavy atom. The highest BCUT2D eigenvalue weighted by atomic mass is 35.5. The summed E-state index contributed by atoms with van der Waals surface area (Å²) >= 11 is 6.17. The Morgan fingerprint density at radius 1 is 1.12 bits per heavy atom. The number of nitrogens with one attached hydrogen (secondary N) is 2. The zero-order valence-electron chi connectivity index (χ0n) is 14.2. The van der Waals surface area contributed by atoms with E-state index in [0.717, 1.165) is 30.2 Å². The SMILES string of the molecule is Cc1nc(-c2ccc(Nc3cc(Cl)nc(N4CCOCC4)n3)cc2)n[nH]1. The van der Waals surface area contributed by atoms with Gasteiger partial charge in [-0.2, -0.15) is 10.1 Å². The van der Waals surface area contributed by atoms with Crippen molar-refractivity contribution in [3.8, 4) is 11.4 Å². The van der Waals surface area contributed by atoms with E-state index in [0.29, 0.717) is 36.0 Å². The minimum Gasteiger partial charge on any atom is -0.378 e. The van der Waals surface area contributed by atoms with Crippen LogP contribution in [0.3, 0.4) is 0 Å². The van der Waals surface area contributed by atoms with Crippen molar-refractivity contribution in [2.45, 2.75) is 6.92 Å². The molecule has 1 saturated heterocycles. The molecule has 0 aliphatic carbocycles. The van der Waals surface area contributed by atoms with Gasteiger partial charge in [0, 0.05) is 30.4 Å². The average Bonchev–Trinajstić information content (AvgIpc) is 3.09. The van der Waals surface area contributed by atoms with Crippen LogP contribution in [-0.2, 0) is 4.74 Å². The molecule has 2 N–H and O–H groups in total. The standard InChI is InChI=1S/C17H18ClN7O/c1-11-19-16(24-23-11)12-2-4-13(5-3-12)20-15-10-14(18)21-17(22-15)25-6-8-26-9-7-25/h2-5,10H,6-9H2,1H3,(H,19,23,24)(H,20,21,22). The number of halogens is 1. The summed E-state index contributed by atoms with van der Waals surface area (Å²) in [5.41, 5.74) is 1.83. The second-order valence-electron chi connectivity index (χ2n) is 5.92. The Bertz CT molecular complexity index is 890. The number of morpholine rings is 1. The summed E-state index contributed by atoms with van der Waals surface area (Å²) in [6.45, 7) is 4.72. The maximum atomic E-state index is 6.17. The number of aromatic nitrogens is 5. The van der Waals surface area contributed by atoms with Crippen LogP contribution in [0.1, 0.15) is 5.82 Å². The zero-order valence-corrected chi connectivity index (χ0v) is 15.0. The molecule has 8 nitrogen and oxygen atoms in total. The summed E-state index contributed by atoms with van der Waals surface area (Å²) in [6.07, 6.45) is 0. The van der Waals surface area contributed by atoms with E-state index in [1.807, 2.05) is 31.2 Å². The lowest BCUT2D eigenvalue weighted by Crippen LogP contribution is -2.37. The second kappa shape index (κ2) is 7.27. The maximum Gasteiger partial charge on any atom is 0.228 e. The van der Waals surface area contributed by atoms with Crippen LogP contribution in [0, 0.1) is 6.92 Å². The normalized spacial score (nSPS) is 14.5. The molecular formula is C17H18ClN7O. The molecule has 0 spiro atoms. The Kier molecular flexibility index (Phi) is 4.68. The summed E-state index contributed by atoms with van der Waals surface area (Å²) < 4.78 is 5.37. The molecule has 1 aromatic carbocycles. The van der Waals surface area contributed by atoms with Crippen LogP contribution in [0.2, 0.25) is 5.15 Å². The minimum absolute atomic E-state index is 0.400. The van der Waals surface area contributed by atoms with E-state index in [1.165, 1.54) is 0 Å². The summed E-state index contributed by atoms with van der Waals surface area (Å²) in [6, 6.07) is 9.52. The number of benzene rings is 1. The molecule has 4 rings (SSSR count). The molecule has 9 heteroatoms. The number of nitrogens with zero attached hydrogens (tertiary/aromatic N) is 5. The molecule has 0 bridgehead atoms. The van der Waals surface area contributed by atoms with E-state index in [1.54, 1.807) is 6.07 Å². The molecule has 0 radical (unpaired) electrons. The topological polar surface area (TPSA) is 91.8 Å². The van der Waals surface area contributed by atoms with Crippen LogP contribution < -0.4 is 10.2 Å². The molecule has 1 aliphatic heterocycles. The van der Waals surface area contributed by atoms with Crippen molar-refractivity contribution in [1.29, 1.82) is 0 Å².